The topological polar surface area (TPSA) is 111 Å². The Morgan fingerprint density at radius 1 is 0.588 bits per heavy atom. The molecule has 51 heavy (non-hydrogen) atoms. The highest BCUT2D eigenvalue weighted by Crippen LogP contribution is 2.38. The second-order valence-corrected chi connectivity index (χ2v) is 16.8. The molecule has 0 aliphatic carbocycles. The van der Waals surface area contributed by atoms with Crippen molar-refractivity contribution in [1.82, 2.24) is 0 Å². The third-order valence-corrected chi connectivity index (χ3v) is 10.0. The zero-order valence-electron chi connectivity index (χ0n) is 33.8. The molecule has 0 aromatic rings. The van der Waals surface area contributed by atoms with Gasteiger partial charge in [0.1, 0.15) is 19.8 Å². The van der Waals surface area contributed by atoms with Gasteiger partial charge in [-0.3, -0.25) is 14.2 Å². The van der Waals surface area contributed by atoms with E-state index in [9.17, 15) is 19.0 Å². The summed E-state index contributed by atoms with van der Waals surface area (Å²) in [6, 6.07) is 0. The number of unbranched alkanes of at least 4 members (excludes halogenated alkanes) is 22. The van der Waals surface area contributed by atoms with Crippen molar-refractivity contribution in [3.63, 3.8) is 0 Å². The molecule has 10 heteroatoms. The van der Waals surface area contributed by atoms with Crippen molar-refractivity contribution < 1.29 is 42.1 Å². The molecule has 302 valence electrons. The fraction of sp³-hybridized carbons (Fsp3) is 0.902. The summed E-state index contributed by atoms with van der Waals surface area (Å²) in [6.07, 6.45) is 33.9. The molecule has 0 amide bonds. The number of phosphoric ester groups is 1. The molecule has 0 aromatic carbocycles. The predicted molar refractivity (Wildman–Crippen MR) is 208 cm³/mol. The Kier molecular flexibility index (Phi) is 33.7. The minimum Gasteiger partial charge on any atom is -0.756 e. The van der Waals surface area contributed by atoms with Crippen molar-refractivity contribution in [1.29, 1.82) is 0 Å². The molecule has 0 heterocycles. The molecule has 0 saturated carbocycles. The molecule has 0 spiro atoms. The summed E-state index contributed by atoms with van der Waals surface area (Å²) < 4.78 is 33.8. The van der Waals surface area contributed by atoms with E-state index in [-0.39, 0.29) is 26.1 Å². The highest BCUT2D eigenvalue weighted by Gasteiger charge is 2.21. The van der Waals surface area contributed by atoms with Crippen molar-refractivity contribution in [2.75, 3.05) is 47.5 Å². The van der Waals surface area contributed by atoms with Crippen LogP contribution in [0, 0.1) is 0 Å². The Morgan fingerprint density at radius 3 is 1.53 bits per heavy atom. The molecule has 0 fully saturated rings. The first kappa shape index (κ1) is 49.8. The Balaban J connectivity index is 4.42. The normalized spacial score (nSPS) is 13.8. The number of quaternary nitrogens is 1. The van der Waals surface area contributed by atoms with Crippen LogP contribution in [-0.4, -0.2) is 70.0 Å². The van der Waals surface area contributed by atoms with Gasteiger partial charge in [-0.2, -0.15) is 0 Å². The number of ether oxygens (including phenoxy) is 2. The van der Waals surface area contributed by atoms with E-state index >= 15 is 0 Å². The number of carbonyl (C=O) groups is 2. The van der Waals surface area contributed by atoms with Crippen LogP contribution in [0.3, 0.4) is 0 Å². The van der Waals surface area contributed by atoms with Crippen molar-refractivity contribution in [2.45, 2.75) is 193 Å². The maximum absolute atomic E-state index is 12.6. The van der Waals surface area contributed by atoms with E-state index in [1.807, 2.05) is 27.2 Å². The van der Waals surface area contributed by atoms with Crippen LogP contribution in [0.2, 0.25) is 0 Å². The zero-order valence-corrected chi connectivity index (χ0v) is 34.7. The highest BCUT2D eigenvalue weighted by molar-refractivity contribution is 7.45. The van der Waals surface area contributed by atoms with Gasteiger partial charge < -0.3 is 27.9 Å². The third kappa shape index (κ3) is 38.3. The van der Waals surface area contributed by atoms with Gasteiger partial charge in [0, 0.05) is 12.8 Å². The monoisotopic (exact) mass is 746 g/mol. The lowest BCUT2D eigenvalue weighted by atomic mass is 10.0. The summed E-state index contributed by atoms with van der Waals surface area (Å²) in [4.78, 5) is 37.4. The third-order valence-electron chi connectivity index (χ3n) is 9.05. The van der Waals surface area contributed by atoms with Gasteiger partial charge in [0.25, 0.3) is 7.82 Å². The van der Waals surface area contributed by atoms with E-state index in [0.29, 0.717) is 17.4 Å². The molecule has 0 aromatic heterocycles. The average Bonchev–Trinajstić information content (AvgIpc) is 3.07. The van der Waals surface area contributed by atoms with E-state index in [1.165, 1.54) is 122 Å². The first-order valence-corrected chi connectivity index (χ1v) is 22.4. The minimum atomic E-state index is -4.62. The second-order valence-electron chi connectivity index (χ2n) is 15.4. The lowest BCUT2D eigenvalue weighted by Gasteiger charge is -2.28. The largest absolute Gasteiger partial charge is 0.756 e. The number of rotatable bonds is 38. The van der Waals surface area contributed by atoms with Crippen LogP contribution in [0.25, 0.3) is 0 Å². The smallest absolute Gasteiger partial charge is 0.306 e. The van der Waals surface area contributed by atoms with Crippen molar-refractivity contribution in [3.05, 3.63) is 12.2 Å². The van der Waals surface area contributed by atoms with Crippen LogP contribution in [0.1, 0.15) is 187 Å². The van der Waals surface area contributed by atoms with Gasteiger partial charge in [-0.25, -0.2) is 0 Å². The summed E-state index contributed by atoms with van der Waals surface area (Å²) >= 11 is 0. The standard InChI is InChI=1S/C41H80NO8P/c1-6-8-10-12-14-16-18-20-21-22-24-26-28-30-32-34-41(44)50-39(38-49-51(45,46)48-36-35-42(3,4)5)37-47-40(43)33-31-29-27-25-23-19-17-15-13-11-9-7-2/h28,30,39H,6-27,29,31-38H2,1-5H3/b30-28+/t39-/m1/s1. The first-order valence-electron chi connectivity index (χ1n) is 20.9. The number of nitrogens with zero attached hydrogens (tertiary/aromatic N) is 1. The Morgan fingerprint density at radius 2 is 1.04 bits per heavy atom. The van der Waals surface area contributed by atoms with Crippen LogP contribution < -0.4 is 4.89 Å². The maximum atomic E-state index is 12.6. The van der Waals surface area contributed by atoms with E-state index in [1.54, 1.807) is 0 Å². The number of phosphoric acid groups is 1. The fourth-order valence-electron chi connectivity index (χ4n) is 5.73. The minimum absolute atomic E-state index is 0.0334. The van der Waals surface area contributed by atoms with Gasteiger partial charge in [-0.15, -0.1) is 0 Å². The molecule has 0 bridgehead atoms. The Bertz CT molecular complexity index is 891. The van der Waals surface area contributed by atoms with E-state index in [2.05, 4.69) is 19.9 Å². The number of carbonyl (C=O) groups excluding carboxylic acids is 2. The molecule has 0 saturated heterocycles. The molecular weight excluding hydrogens is 665 g/mol. The van der Waals surface area contributed by atoms with Gasteiger partial charge in [0.15, 0.2) is 6.10 Å². The summed E-state index contributed by atoms with van der Waals surface area (Å²) in [7, 11) is 1.15. The summed E-state index contributed by atoms with van der Waals surface area (Å²) in [5.41, 5.74) is 0. The van der Waals surface area contributed by atoms with E-state index in [0.717, 1.165) is 32.1 Å². The van der Waals surface area contributed by atoms with Crippen LogP contribution >= 0.6 is 7.82 Å². The van der Waals surface area contributed by atoms with Crippen LogP contribution in [0.15, 0.2) is 12.2 Å². The Labute approximate surface area is 314 Å². The molecule has 0 aliphatic rings. The van der Waals surface area contributed by atoms with Crippen molar-refractivity contribution >= 4 is 19.8 Å². The zero-order chi connectivity index (χ0) is 37.9. The second kappa shape index (κ2) is 34.5. The molecular formula is C41H80NO8P. The summed E-state index contributed by atoms with van der Waals surface area (Å²) in [5, 5.41) is 0. The number of allylic oxidation sites excluding steroid dienone is 2. The first-order chi connectivity index (χ1) is 24.5. The summed E-state index contributed by atoms with van der Waals surface area (Å²) in [5.74, 6) is -0.885. The molecule has 0 aliphatic heterocycles. The van der Waals surface area contributed by atoms with E-state index < -0.39 is 32.5 Å². The molecule has 0 rings (SSSR count). The summed E-state index contributed by atoms with van der Waals surface area (Å²) in [6.45, 7) is 4.19. The van der Waals surface area contributed by atoms with Crippen molar-refractivity contribution in [3.8, 4) is 0 Å². The SMILES string of the molecule is CCCCCCCCCCCCC/C=C/CCC(=O)O[C@H](COC(=O)CCCCCCCCCCCCCC)COP(=O)([O-])OCC[N+](C)(C)C. The predicted octanol–water partition coefficient (Wildman–Crippen LogP) is 10.8. The van der Waals surface area contributed by atoms with Crippen LogP contribution in [0.5, 0.6) is 0 Å². The average molecular weight is 746 g/mol. The molecule has 0 radical (unpaired) electrons. The Hall–Kier alpha value is -1.25. The lowest BCUT2D eigenvalue weighted by molar-refractivity contribution is -0.870. The quantitative estimate of drug-likeness (QED) is 0.0202. The van der Waals surface area contributed by atoms with Crippen LogP contribution in [-0.2, 0) is 32.7 Å². The number of hydrogen-bond donors (Lipinski definition) is 0. The van der Waals surface area contributed by atoms with Gasteiger partial charge in [-0.1, -0.05) is 161 Å². The van der Waals surface area contributed by atoms with Gasteiger partial charge >= 0.3 is 11.9 Å². The lowest BCUT2D eigenvalue weighted by Crippen LogP contribution is -2.37. The number of hydrogen-bond acceptors (Lipinski definition) is 8. The number of likely N-dealkylation sites (N-methyl/N-ethyl adjacent to an activating group) is 1. The maximum Gasteiger partial charge on any atom is 0.306 e. The van der Waals surface area contributed by atoms with Crippen molar-refractivity contribution in [2.24, 2.45) is 0 Å². The fourth-order valence-corrected chi connectivity index (χ4v) is 6.46. The van der Waals surface area contributed by atoms with Gasteiger partial charge in [0.2, 0.25) is 0 Å². The van der Waals surface area contributed by atoms with Crippen LogP contribution in [0.4, 0.5) is 0 Å². The highest BCUT2D eigenvalue weighted by atomic mass is 31.2. The molecule has 9 nitrogen and oxygen atoms in total. The molecule has 1 unspecified atom stereocenters. The van der Waals surface area contributed by atoms with Gasteiger partial charge in [0.05, 0.1) is 27.7 Å². The number of esters is 2. The van der Waals surface area contributed by atoms with Gasteiger partial charge in [-0.05, 0) is 25.7 Å². The molecule has 0 N–H and O–H groups in total. The van der Waals surface area contributed by atoms with E-state index in [4.69, 9.17) is 18.5 Å². The molecule has 2 atom stereocenters.